The second-order valence-electron chi connectivity index (χ2n) is 8.53. The number of ether oxygens (including phenoxy) is 4. The summed E-state index contributed by atoms with van der Waals surface area (Å²) in [6, 6.07) is 15.2. The van der Waals surface area contributed by atoms with E-state index in [1.165, 1.54) is 27.1 Å². The minimum Gasteiger partial charge on any atom is -0.494 e. The molecule has 1 heterocycles. The van der Waals surface area contributed by atoms with Crippen LogP contribution in [0, 0.1) is 0 Å². The van der Waals surface area contributed by atoms with Gasteiger partial charge in [0.1, 0.15) is 5.75 Å². The number of benzene rings is 2. The molecule has 0 fully saturated rings. The number of carbonyl (C=O) groups excluding carboxylic acids is 1. The highest BCUT2D eigenvalue weighted by Gasteiger charge is 2.15. The third kappa shape index (κ3) is 7.06. The molecule has 0 spiro atoms. The molecule has 1 aromatic heterocycles. The lowest BCUT2D eigenvalue weighted by molar-refractivity contribution is 0.0716. The molecule has 8 nitrogen and oxygen atoms in total. The number of hydrogen-bond acceptors (Lipinski definition) is 8. The average Bonchev–Trinajstić information content (AvgIpc) is 3.22. The van der Waals surface area contributed by atoms with Gasteiger partial charge in [-0.05, 0) is 59.4 Å². The van der Waals surface area contributed by atoms with Crippen molar-refractivity contribution < 1.29 is 23.7 Å². The predicted molar refractivity (Wildman–Crippen MR) is 146 cm³/mol. The minimum absolute atomic E-state index is 0.0123. The summed E-state index contributed by atoms with van der Waals surface area (Å²) in [7, 11) is 2.80. The summed E-state index contributed by atoms with van der Waals surface area (Å²) < 4.78 is 21.1. The number of aromatic nitrogens is 3. The smallest absolute Gasteiger partial charge is 0.345 e. The molecule has 1 aliphatic carbocycles. The summed E-state index contributed by atoms with van der Waals surface area (Å²) in [5, 5.41) is 0. The number of rotatable bonds is 11. The first-order chi connectivity index (χ1) is 18.6. The molecule has 0 saturated carbocycles. The average molecular weight is 514 g/mol. The van der Waals surface area contributed by atoms with Gasteiger partial charge in [0.2, 0.25) is 0 Å². The monoisotopic (exact) mass is 513 g/mol. The molecule has 0 amide bonds. The molecule has 0 N–H and O–H groups in total. The molecule has 196 valence electrons. The standard InChI is InChI=1S/C30H31N3O5/c1-4-5-6-20-37-26-18-16-24(17-19-26)22-9-7-8-21(10-11-22)23-12-14-25(15-13-23)27(34)38-30-32-28(35-2)31-29(33-30)36-3/h8-19H,4-7,20H2,1-3H3. The van der Waals surface area contributed by atoms with Crippen molar-refractivity contribution >= 4 is 17.1 Å². The van der Waals surface area contributed by atoms with Gasteiger partial charge >= 0.3 is 24.0 Å². The van der Waals surface area contributed by atoms with E-state index in [0.717, 1.165) is 47.5 Å². The predicted octanol–water partition coefficient (Wildman–Crippen LogP) is 6.10. The highest BCUT2D eigenvalue weighted by molar-refractivity contribution is 5.91. The Balaban J connectivity index is 1.38. The molecule has 4 rings (SSSR count). The Labute approximate surface area is 222 Å². The molecule has 0 atom stereocenters. The largest absolute Gasteiger partial charge is 0.494 e. The third-order valence-electron chi connectivity index (χ3n) is 5.90. The zero-order valence-corrected chi connectivity index (χ0v) is 21.8. The van der Waals surface area contributed by atoms with Crippen LogP contribution in [0.2, 0.25) is 0 Å². The zero-order valence-electron chi connectivity index (χ0n) is 21.8. The minimum atomic E-state index is -0.598. The lowest BCUT2D eigenvalue weighted by Crippen LogP contribution is -2.12. The second kappa shape index (κ2) is 13.2. The SMILES string of the molecule is CCCCCOc1ccc(C2=CCC=C(c3ccc(C(=O)Oc4nc(OC)nc(OC)n4)cc3)C=C2)cc1. The Kier molecular flexibility index (Phi) is 9.23. The fraction of sp³-hybridized carbons (Fsp3) is 0.267. The molecule has 2 aromatic carbocycles. The van der Waals surface area contributed by atoms with Crippen molar-refractivity contribution in [3.05, 3.63) is 89.5 Å². The first-order valence-electron chi connectivity index (χ1n) is 12.6. The van der Waals surface area contributed by atoms with Crippen molar-refractivity contribution in [1.82, 2.24) is 15.0 Å². The Morgan fingerprint density at radius 3 is 1.87 bits per heavy atom. The highest BCUT2D eigenvalue weighted by atomic mass is 16.6. The maximum Gasteiger partial charge on any atom is 0.345 e. The van der Waals surface area contributed by atoms with E-state index in [0.29, 0.717) is 5.56 Å². The lowest BCUT2D eigenvalue weighted by atomic mass is 10.0. The van der Waals surface area contributed by atoms with Crippen LogP contribution in [0.15, 0.2) is 72.8 Å². The normalized spacial score (nSPS) is 12.7. The van der Waals surface area contributed by atoms with Gasteiger partial charge in [-0.15, -0.1) is 15.0 Å². The first-order valence-corrected chi connectivity index (χ1v) is 12.6. The van der Waals surface area contributed by atoms with Gasteiger partial charge in [-0.2, -0.15) is 0 Å². The van der Waals surface area contributed by atoms with Crippen molar-refractivity contribution in [3.8, 4) is 23.8 Å². The molecule has 0 radical (unpaired) electrons. The van der Waals surface area contributed by atoms with Crippen molar-refractivity contribution in [3.63, 3.8) is 0 Å². The fourth-order valence-corrected chi connectivity index (χ4v) is 3.83. The van der Waals surface area contributed by atoms with Crippen LogP contribution in [0.1, 0.15) is 54.1 Å². The molecule has 1 aliphatic rings. The molecule has 0 unspecified atom stereocenters. The molecule has 38 heavy (non-hydrogen) atoms. The molecule has 3 aromatic rings. The van der Waals surface area contributed by atoms with E-state index in [9.17, 15) is 4.79 Å². The van der Waals surface area contributed by atoms with Gasteiger partial charge < -0.3 is 18.9 Å². The van der Waals surface area contributed by atoms with Crippen LogP contribution in [0.3, 0.4) is 0 Å². The van der Waals surface area contributed by atoms with Crippen LogP contribution in [-0.4, -0.2) is 41.7 Å². The number of nitrogens with zero attached hydrogens (tertiary/aromatic N) is 3. The van der Waals surface area contributed by atoms with Crippen molar-refractivity contribution in [2.75, 3.05) is 20.8 Å². The molecule has 8 heteroatoms. The van der Waals surface area contributed by atoms with Crippen molar-refractivity contribution in [2.24, 2.45) is 0 Å². The van der Waals surface area contributed by atoms with E-state index in [1.807, 2.05) is 24.3 Å². The molecular weight excluding hydrogens is 482 g/mol. The van der Waals surface area contributed by atoms with Gasteiger partial charge in [0, 0.05) is 0 Å². The maximum absolute atomic E-state index is 12.6. The van der Waals surface area contributed by atoms with Gasteiger partial charge in [0.15, 0.2) is 0 Å². The van der Waals surface area contributed by atoms with Crippen LogP contribution < -0.4 is 18.9 Å². The Bertz CT molecular complexity index is 1310. The van der Waals surface area contributed by atoms with Crippen LogP contribution in [0.5, 0.6) is 23.8 Å². The first kappa shape index (κ1) is 26.6. The molecular formula is C30H31N3O5. The molecule has 0 saturated heterocycles. The summed E-state index contributed by atoms with van der Waals surface area (Å²) in [5.41, 5.74) is 4.71. The maximum atomic E-state index is 12.6. The number of unbranched alkanes of at least 4 members (excludes halogenated alkanes) is 2. The van der Waals surface area contributed by atoms with Crippen LogP contribution in [0.25, 0.3) is 11.1 Å². The molecule has 0 aliphatic heterocycles. The summed E-state index contributed by atoms with van der Waals surface area (Å²) in [4.78, 5) is 24.4. The van der Waals surface area contributed by atoms with Gasteiger partial charge in [-0.3, -0.25) is 0 Å². The number of allylic oxidation sites excluding steroid dienone is 6. The lowest BCUT2D eigenvalue weighted by Gasteiger charge is -2.08. The topological polar surface area (TPSA) is 92.7 Å². The quantitative estimate of drug-likeness (QED) is 0.224. The van der Waals surface area contributed by atoms with Gasteiger partial charge in [-0.1, -0.05) is 68.3 Å². The molecule has 0 bridgehead atoms. The third-order valence-corrected chi connectivity index (χ3v) is 5.90. The van der Waals surface area contributed by atoms with Crippen LogP contribution in [-0.2, 0) is 0 Å². The number of carbonyl (C=O) groups is 1. The highest BCUT2D eigenvalue weighted by Crippen LogP contribution is 2.27. The van der Waals surface area contributed by atoms with E-state index >= 15 is 0 Å². The van der Waals surface area contributed by atoms with E-state index in [-0.39, 0.29) is 18.0 Å². The summed E-state index contributed by atoms with van der Waals surface area (Å²) >= 11 is 0. The van der Waals surface area contributed by atoms with E-state index in [2.05, 4.69) is 58.3 Å². The van der Waals surface area contributed by atoms with Crippen LogP contribution in [0.4, 0.5) is 0 Å². The summed E-state index contributed by atoms with van der Waals surface area (Å²) in [5.74, 6) is 0.299. The van der Waals surface area contributed by atoms with Crippen molar-refractivity contribution in [2.45, 2.75) is 32.6 Å². The van der Waals surface area contributed by atoms with Gasteiger partial charge in [-0.25, -0.2) is 4.79 Å². The number of methoxy groups -OCH3 is 2. The van der Waals surface area contributed by atoms with Gasteiger partial charge in [0.05, 0.1) is 26.4 Å². The Hall–Kier alpha value is -4.46. The summed E-state index contributed by atoms with van der Waals surface area (Å²) in [6.07, 6.45) is 12.8. The van der Waals surface area contributed by atoms with Gasteiger partial charge in [0.25, 0.3) is 0 Å². The summed E-state index contributed by atoms with van der Waals surface area (Å²) in [6.45, 7) is 2.94. The Morgan fingerprint density at radius 1 is 0.763 bits per heavy atom. The Morgan fingerprint density at radius 2 is 1.32 bits per heavy atom. The number of hydrogen-bond donors (Lipinski definition) is 0. The second-order valence-corrected chi connectivity index (χ2v) is 8.53. The van der Waals surface area contributed by atoms with E-state index in [1.54, 1.807) is 12.1 Å². The zero-order chi connectivity index (χ0) is 26.7. The van der Waals surface area contributed by atoms with E-state index < -0.39 is 5.97 Å². The van der Waals surface area contributed by atoms with Crippen LogP contribution >= 0.6 is 0 Å². The number of esters is 1. The fourth-order valence-electron chi connectivity index (χ4n) is 3.83. The van der Waals surface area contributed by atoms with Crippen molar-refractivity contribution in [1.29, 1.82) is 0 Å². The van der Waals surface area contributed by atoms with E-state index in [4.69, 9.17) is 18.9 Å².